The summed E-state index contributed by atoms with van der Waals surface area (Å²) in [6.45, 7) is 3.30. The Balaban J connectivity index is 2.22. The van der Waals surface area contributed by atoms with Gasteiger partial charge in [-0.25, -0.2) is 8.78 Å². The Kier molecular flexibility index (Phi) is 4.13. The predicted molar refractivity (Wildman–Crippen MR) is 71.9 cm³/mol. The molecule has 2 aromatic rings. The van der Waals surface area contributed by atoms with Gasteiger partial charge < -0.3 is 4.74 Å². The van der Waals surface area contributed by atoms with Crippen LogP contribution >= 0.6 is 0 Å². The van der Waals surface area contributed by atoms with Gasteiger partial charge >= 0.3 is 0 Å². The van der Waals surface area contributed by atoms with Crippen LogP contribution in [-0.2, 0) is 6.61 Å². The topological polar surface area (TPSA) is 26.3 Å². The third-order valence-corrected chi connectivity index (χ3v) is 3.01. The summed E-state index contributed by atoms with van der Waals surface area (Å²) in [5.41, 5.74) is 1.85. The molecule has 2 nitrogen and oxygen atoms in total. The molecule has 0 N–H and O–H groups in total. The molecular weight excluding hydrogens is 262 g/mol. The third-order valence-electron chi connectivity index (χ3n) is 3.01. The van der Waals surface area contributed by atoms with Gasteiger partial charge in [0.15, 0.2) is 5.78 Å². The highest BCUT2D eigenvalue weighted by molar-refractivity contribution is 5.96. The van der Waals surface area contributed by atoms with Gasteiger partial charge in [0.05, 0.1) is 5.56 Å². The summed E-state index contributed by atoms with van der Waals surface area (Å²) in [5.74, 6) is -0.792. The number of carbonyl (C=O) groups excluding carboxylic acids is 1. The third kappa shape index (κ3) is 3.20. The molecule has 0 amide bonds. The maximum Gasteiger partial charge on any atom is 0.163 e. The lowest BCUT2D eigenvalue weighted by atomic mass is 10.1. The van der Waals surface area contributed by atoms with E-state index >= 15 is 0 Å². The summed E-state index contributed by atoms with van der Waals surface area (Å²) < 4.78 is 31.7. The van der Waals surface area contributed by atoms with E-state index in [4.69, 9.17) is 4.74 Å². The number of hydrogen-bond donors (Lipinski definition) is 0. The zero-order valence-corrected chi connectivity index (χ0v) is 11.2. The van der Waals surface area contributed by atoms with Crippen molar-refractivity contribution in [3.05, 3.63) is 64.7 Å². The maximum absolute atomic E-state index is 13.2. The number of hydrogen-bond acceptors (Lipinski definition) is 2. The predicted octanol–water partition coefficient (Wildman–Crippen LogP) is 4.05. The van der Waals surface area contributed by atoms with E-state index in [1.54, 1.807) is 13.0 Å². The second-order valence-corrected chi connectivity index (χ2v) is 4.56. The van der Waals surface area contributed by atoms with Crippen molar-refractivity contribution in [2.24, 2.45) is 0 Å². The molecule has 0 fully saturated rings. The molecule has 0 heterocycles. The van der Waals surface area contributed by atoms with Crippen LogP contribution in [0.3, 0.4) is 0 Å². The molecule has 0 unspecified atom stereocenters. The first-order valence-electron chi connectivity index (χ1n) is 6.15. The Morgan fingerprint density at radius 1 is 1.10 bits per heavy atom. The standard InChI is InChI=1S/C16H14F2O2/c1-10-7-13(17)4-3-12(10)9-20-16-8-14(18)5-6-15(16)11(2)19/h3-8H,9H2,1-2H3. The summed E-state index contributed by atoms with van der Waals surface area (Å²) in [7, 11) is 0. The summed E-state index contributed by atoms with van der Waals surface area (Å²) in [5, 5.41) is 0. The molecule has 0 spiro atoms. The molecule has 0 atom stereocenters. The minimum atomic E-state index is -0.471. The van der Waals surface area contributed by atoms with Crippen molar-refractivity contribution in [2.45, 2.75) is 20.5 Å². The van der Waals surface area contributed by atoms with E-state index in [9.17, 15) is 13.6 Å². The van der Waals surface area contributed by atoms with E-state index in [1.807, 2.05) is 0 Å². The largest absolute Gasteiger partial charge is 0.488 e. The van der Waals surface area contributed by atoms with Crippen LogP contribution in [0.2, 0.25) is 0 Å². The lowest BCUT2D eigenvalue weighted by molar-refractivity contribution is 0.101. The number of benzene rings is 2. The first kappa shape index (κ1) is 14.2. The highest BCUT2D eigenvalue weighted by atomic mass is 19.1. The summed E-state index contributed by atoms with van der Waals surface area (Å²) in [6, 6.07) is 8.13. The Hall–Kier alpha value is -2.23. The fourth-order valence-corrected chi connectivity index (χ4v) is 1.88. The second kappa shape index (κ2) is 5.82. The van der Waals surface area contributed by atoms with Crippen LogP contribution < -0.4 is 4.74 Å². The molecule has 0 radical (unpaired) electrons. The molecule has 0 saturated carbocycles. The molecule has 0 aliphatic heterocycles. The van der Waals surface area contributed by atoms with E-state index in [-0.39, 0.29) is 24.0 Å². The average Bonchev–Trinajstić information content (AvgIpc) is 2.37. The molecule has 0 aromatic heterocycles. The zero-order chi connectivity index (χ0) is 14.7. The van der Waals surface area contributed by atoms with Gasteiger partial charge in [-0.3, -0.25) is 4.79 Å². The number of carbonyl (C=O) groups is 1. The number of Topliss-reactive ketones (excluding diaryl/α,β-unsaturated/α-hetero) is 1. The minimum Gasteiger partial charge on any atom is -0.488 e. The van der Waals surface area contributed by atoms with Crippen molar-refractivity contribution < 1.29 is 18.3 Å². The quantitative estimate of drug-likeness (QED) is 0.787. The average molecular weight is 276 g/mol. The van der Waals surface area contributed by atoms with Gasteiger partial charge in [-0.15, -0.1) is 0 Å². The molecule has 0 bridgehead atoms. The highest BCUT2D eigenvalue weighted by Gasteiger charge is 2.10. The van der Waals surface area contributed by atoms with Gasteiger partial charge in [-0.1, -0.05) is 6.07 Å². The van der Waals surface area contributed by atoms with E-state index in [0.29, 0.717) is 5.56 Å². The summed E-state index contributed by atoms with van der Waals surface area (Å²) in [4.78, 5) is 11.4. The van der Waals surface area contributed by atoms with Crippen molar-refractivity contribution in [1.29, 1.82) is 0 Å². The highest BCUT2D eigenvalue weighted by Crippen LogP contribution is 2.22. The first-order chi connectivity index (χ1) is 9.47. The van der Waals surface area contributed by atoms with Crippen LogP contribution in [0.4, 0.5) is 8.78 Å². The van der Waals surface area contributed by atoms with Gasteiger partial charge in [0.2, 0.25) is 0 Å². The second-order valence-electron chi connectivity index (χ2n) is 4.56. The van der Waals surface area contributed by atoms with Crippen LogP contribution in [-0.4, -0.2) is 5.78 Å². The van der Waals surface area contributed by atoms with Gasteiger partial charge in [0, 0.05) is 6.07 Å². The molecule has 20 heavy (non-hydrogen) atoms. The molecule has 2 rings (SSSR count). The lowest BCUT2D eigenvalue weighted by Gasteiger charge is -2.11. The van der Waals surface area contributed by atoms with Crippen molar-refractivity contribution in [3.8, 4) is 5.75 Å². The van der Waals surface area contributed by atoms with Crippen LogP contribution in [0.25, 0.3) is 0 Å². The Morgan fingerprint density at radius 3 is 2.40 bits per heavy atom. The summed E-state index contributed by atoms with van der Waals surface area (Å²) >= 11 is 0. The van der Waals surface area contributed by atoms with Gasteiger partial charge in [0.25, 0.3) is 0 Å². The van der Waals surface area contributed by atoms with Crippen LogP contribution in [0.1, 0.15) is 28.4 Å². The summed E-state index contributed by atoms with van der Waals surface area (Å²) in [6.07, 6.45) is 0. The van der Waals surface area contributed by atoms with E-state index in [0.717, 1.165) is 11.1 Å². The number of ketones is 1. The van der Waals surface area contributed by atoms with Gasteiger partial charge in [0.1, 0.15) is 24.0 Å². The Morgan fingerprint density at radius 2 is 1.75 bits per heavy atom. The van der Waals surface area contributed by atoms with Crippen molar-refractivity contribution >= 4 is 5.78 Å². The smallest absolute Gasteiger partial charge is 0.163 e. The van der Waals surface area contributed by atoms with Gasteiger partial charge in [-0.2, -0.15) is 0 Å². The minimum absolute atomic E-state index is 0.149. The fraction of sp³-hybridized carbons (Fsp3) is 0.188. The monoisotopic (exact) mass is 276 g/mol. The zero-order valence-electron chi connectivity index (χ0n) is 11.2. The number of rotatable bonds is 4. The first-order valence-corrected chi connectivity index (χ1v) is 6.15. The lowest BCUT2D eigenvalue weighted by Crippen LogP contribution is -2.03. The van der Waals surface area contributed by atoms with Crippen molar-refractivity contribution in [2.75, 3.05) is 0 Å². The molecule has 0 aliphatic carbocycles. The van der Waals surface area contributed by atoms with Crippen LogP contribution in [0, 0.1) is 18.6 Å². The molecule has 2 aromatic carbocycles. The molecule has 104 valence electrons. The number of ether oxygens (including phenoxy) is 1. The van der Waals surface area contributed by atoms with Crippen molar-refractivity contribution in [3.63, 3.8) is 0 Å². The van der Waals surface area contributed by atoms with Gasteiger partial charge in [-0.05, 0) is 49.2 Å². The Labute approximate surface area is 116 Å². The van der Waals surface area contributed by atoms with E-state index < -0.39 is 5.82 Å². The fourth-order valence-electron chi connectivity index (χ4n) is 1.88. The number of halogens is 2. The van der Waals surface area contributed by atoms with E-state index in [1.165, 1.54) is 37.3 Å². The number of aryl methyl sites for hydroxylation is 1. The Bertz CT molecular complexity index is 651. The van der Waals surface area contributed by atoms with Crippen molar-refractivity contribution in [1.82, 2.24) is 0 Å². The van der Waals surface area contributed by atoms with Crippen LogP contribution in [0.5, 0.6) is 5.75 Å². The SMILES string of the molecule is CC(=O)c1ccc(F)cc1OCc1ccc(F)cc1C. The van der Waals surface area contributed by atoms with Crippen LogP contribution in [0.15, 0.2) is 36.4 Å². The molecular formula is C16H14F2O2. The molecule has 0 aliphatic rings. The normalized spacial score (nSPS) is 10.4. The molecule has 0 saturated heterocycles. The molecule has 4 heteroatoms. The maximum atomic E-state index is 13.2. The van der Waals surface area contributed by atoms with E-state index in [2.05, 4.69) is 0 Å².